The number of thiazole rings is 1. The third kappa shape index (κ3) is 6.87. The number of likely N-dealkylation sites (tertiary alicyclic amines) is 1. The summed E-state index contributed by atoms with van der Waals surface area (Å²) >= 11 is 2.88. The molecule has 168 valence electrons. The number of anilines is 1. The molecule has 1 aliphatic heterocycles. The Bertz CT molecular complexity index is 873. The van der Waals surface area contributed by atoms with Crippen LogP contribution in [0.25, 0.3) is 0 Å². The number of hydrogen-bond donors (Lipinski definition) is 1. The van der Waals surface area contributed by atoms with E-state index in [1.807, 2.05) is 39.7 Å². The maximum Gasteiger partial charge on any atom is 0.231 e. The van der Waals surface area contributed by atoms with E-state index in [9.17, 15) is 14.4 Å². The lowest BCUT2D eigenvalue weighted by molar-refractivity contribution is -0.139. The maximum atomic E-state index is 12.7. The lowest BCUT2D eigenvalue weighted by atomic mass is 9.95. The predicted octanol–water partition coefficient (Wildman–Crippen LogP) is 3.43. The van der Waals surface area contributed by atoms with Crippen molar-refractivity contribution in [3.63, 3.8) is 0 Å². The summed E-state index contributed by atoms with van der Waals surface area (Å²) in [5, 5.41) is 7.08. The highest BCUT2D eigenvalue weighted by Gasteiger charge is 2.29. The molecule has 0 atom stereocenters. The van der Waals surface area contributed by atoms with Crippen molar-refractivity contribution in [3.05, 3.63) is 33.5 Å². The average molecular weight is 463 g/mol. The Balaban J connectivity index is 1.43. The monoisotopic (exact) mass is 462 g/mol. The summed E-state index contributed by atoms with van der Waals surface area (Å²) in [6.07, 6.45) is 4.05. The molecule has 0 aliphatic carbocycles. The Morgan fingerprint density at radius 3 is 2.68 bits per heavy atom. The summed E-state index contributed by atoms with van der Waals surface area (Å²) in [4.78, 5) is 46.4. The Kier molecular flexibility index (Phi) is 8.60. The minimum Gasteiger partial charge on any atom is -0.346 e. The zero-order valence-electron chi connectivity index (χ0n) is 18.1. The molecule has 3 heterocycles. The van der Waals surface area contributed by atoms with Crippen molar-refractivity contribution in [2.45, 2.75) is 45.4 Å². The summed E-state index contributed by atoms with van der Waals surface area (Å²) in [5.74, 6) is 0.121. The number of carbonyl (C=O) groups is 3. The second-order valence-corrected chi connectivity index (χ2v) is 9.78. The van der Waals surface area contributed by atoms with E-state index in [2.05, 4.69) is 17.2 Å². The second kappa shape index (κ2) is 11.4. The molecule has 7 nitrogen and oxygen atoms in total. The van der Waals surface area contributed by atoms with Crippen LogP contribution in [0.1, 0.15) is 43.2 Å². The van der Waals surface area contributed by atoms with Gasteiger partial charge in [-0.05, 0) is 30.7 Å². The molecule has 1 fully saturated rings. The van der Waals surface area contributed by atoms with Gasteiger partial charge in [0, 0.05) is 42.9 Å². The average Bonchev–Trinajstić information content (AvgIpc) is 3.43. The van der Waals surface area contributed by atoms with Gasteiger partial charge < -0.3 is 15.1 Å². The van der Waals surface area contributed by atoms with Gasteiger partial charge in [-0.25, -0.2) is 4.98 Å². The number of hydrogen-bond acceptors (Lipinski definition) is 6. The fourth-order valence-corrected chi connectivity index (χ4v) is 5.07. The molecule has 1 N–H and O–H groups in total. The number of rotatable bonds is 9. The first-order valence-electron chi connectivity index (χ1n) is 10.8. The minimum absolute atomic E-state index is 0.00957. The third-order valence-electron chi connectivity index (χ3n) is 5.47. The summed E-state index contributed by atoms with van der Waals surface area (Å²) in [5.41, 5.74) is 0.666. The Labute approximate surface area is 191 Å². The molecule has 1 saturated heterocycles. The zero-order chi connectivity index (χ0) is 22.2. The molecule has 1 aliphatic rings. The molecule has 3 amide bonds. The summed E-state index contributed by atoms with van der Waals surface area (Å²) < 4.78 is 0. The van der Waals surface area contributed by atoms with E-state index in [0.29, 0.717) is 43.2 Å². The van der Waals surface area contributed by atoms with E-state index in [4.69, 9.17) is 0 Å². The standard InChI is InChI=1S/C22H30N4O3S2/c1-3-4-9-25(2)21(29)16-7-10-26(11-8-16)20(28)13-17-15-31-22(23-17)24-19(27)14-18-6-5-12-30-18/h5-6,12,15-16H,3-4,7-11,13-14H2,1-2H3,(H,23,24,27). The van der Waals surface area contributed by atoms with E-state index in [0.717, 1.165) is 24.3 Å². The van der Waals surface area contributed by atoms with Gasteiger partial charge >= 0.3 is 0 Å². The smallest absolute Gasteiger partial charge is 0.231 e. The van der Waals surface area contributed by atoms with Crippen molar-refractivity contribution in [1.82, 2.24) is 14.8 Å². The van der Waals surface area contributed by atoms with Crippen LogP contribution in [-0.4, -0.2) is 59.2 Å². The van der Waals surface area contributed by atoms with Gasteiger partial charge in [0.1, 0.15) is 0 Å². The minimum atomic E-state index is -0.106. The quantitative estimate of drug-likeness (QED) is 0.619. The van der Waals surface area contributed by atoms with Gasteiger partial charge in [-0.3, -0.25) is 14.4 Å². The summed E-state index contributed by atoms with van der Waals surface area (Å²) in [6.45, 7) is 4.12. The zero-order valence-corrected chi connectivity index (χ0v) is 19.8. The number of unbranched alkanes of at least 4 members (excludes halogenated alkanes) is 1. The van der Waals surface area contributed by atoms with Crippen LogP contribution >= 0.6 is 22.7 Å². The first kappa shape index (κ1) is 23.4. The van der Waals surface area contributed by atoms with Gasteiger partial charge in [0.25, 0.3) is 0 Å². The number of nitrogens with zero attached hydrogens (tertiary/aromatic N) is 3. The second-order valence-electron chi connectivity index (χ2n) is 7.89. The van der Waals surface area contributed by atoms with Crippen molar-refractivity contribution in [3.8, 4) is 0 Å². The van der Waals surface area contributed by atoms with E-state index >= 15 is 0 Å². The maximum absolute atomic E-state index is 12.7. The van der Waals surface area contributed by atoms with Crippen LogP contribution in [0, 0.1) is 5.92 Å². The van der Waals surface area contributed by atoms with Gasteiger partial charge in [0.15, 0.2) is 5.13 Å². The lowest BCUT2D eigenvalue weighted by Gasteiger charge is -2.33. The van der Waals surface area contributed by atoms with Crippen LogP contribution in [-0.2, 0) is 27.2 Å². The molecule has 0 aromatic carbocycles. The highest BCUT2D eigenvalue weighted by molar-refractivity contribution is 7.14. The van der Waals surface area contributed by atoms with E-state index in [-0.39, 0.29) is 30.1 Å². The van der Waals surface area contributed by atoms with E-state index in [1.54, 1.807) is 11.3 Å². The first-order chi connectivity index (χ1) is 15.0. The van der Waals surface area contributed by atoms with Crippen molar-refractivity contribution in [2.24, 2.45) is 5.92 Å². The molecule has 0 bridgehead atoms. The summed E-state index contributed by atoms with van der Waals surface area (Å²) in [7, 11) is 1.87. The van der Waals surface area contributed by atoms with Crippen LogP contribution in [0.5, 0.6) is 0 Å². The largest absolute Gasteiger partial charge is 0.346 e. The molecule has 0 saturated carbocycles. The van der Waals surface area contributed by atoms with E-state index in [1.165, 1.54) is 11.3 Å². The van der Waals surface area contributed by atoms with Crippen molar-refractivity contribution in [1.29, 1.82) is 0 Å². The highest BCUT2D eigenvalue weighted by atomic mass is 32.1. The molecule has 0 radical (unpaired) electrons. The number of carbonyl (C=O) groups excluding carboxylic acids is 3. The first-order valence-corrected chi connectivity index (χ1v) is 12.5. The lowest BCUT2D eigenvalue weighted by Crippen LogP contribution is -2.44. The molecule has 0 unspecified atom stereocenters. The Morgan fingerprint density at radius 1 is 1.23 bits per heavy atom. The summed E-state index contributed by atoms with van der Waals surface area (Å²) in [6, 6.07) is 3.85. The van der Waals surface area contributed by atoms with Gasteiger partial charge in [0.2, 0.25) is 17.7 Å². The molecule has 3 rings (SSSR count). The Morgan fingerprint density at radius 2 is 2.00 bits per heavy atom. The van der Waals surface area contributed by atoms with Crippen molar-refractivity contribution in [2.75, 3.05) is 32.0 Å². The number of aromatic nitrogens is 1. The van der Waals surface area contributed by atoms with Crippen LogP contribution in [0.3, 0.4) is 0 Å². The Hall–Kier alpha value is -2.26. The van der Waals surface area contributed by atoms with Crippen LogP contribution < -0.4 is 5.32 Å². The normalized spacial score (nSPS) is 14.5. The van der Waals surface area contributed by atoms with E-state index < -0.39 is 0 Å². The van der Waals surface area contributed by atoms with Crippen LogP contribution in [0.15, 0.2) is 22.9 Å². The molecule has 2 aromatic rings. The van der Waals surface area contributed by atoms with Crippen molar-refractivity contribution < 1.29 is 14.4 Å². The SMILES string of the molecule is CCCCN(C)C(=O)C1CCN(C(=O)Cc2csc(NC(=O)Cc3cccs3)n2)CC1. The molecular formula is C22H30N4O3S2. The van der Waals surface area contributed by atoms with Crippen molar-refractivity contribution >= 4 is 45.5 Å². The molecule has 2 aromatic heterocycles. The molecule has 0 spiro atoms. The molecule has 31 heavy (non-hydrogen) atoms. The number of amides is 3. The fourth-order valence-electron chi connectivity index (χ4n) is 3.64. The predicted molar refractivity (Wildman–Crippen MR) is 124 cm³/mol. The number of piperidine rings is 1. The van der Waals surface area contributed by atoms with Gasteiger partial charge in [-0.15, -0.1) is 22.7 Å². The topological polar surface area (TPSA) is 82.6 Å². The van der Waals surface area contributed by atoms with Gasteiger partial charge in [-0.1, -0.05) is 19.4 Å². The fraction of sp³-hybridized carbons (Fsp3) is 0.545. The number of thiophene rings is 1. The number of nitrogens with one attached hydrogen (secondary N) is 1. The van der Waals surface area contributed by atoms with Gasteiger partial charge in [-0.2, -0.15) is 0 Å². The highest BCUT2D eigenvalue weighted by Crippen LogP contribution is 2.22. The van der Waals surface area contributed by atoms with Crippen LogP contribution in [0.4, 0.5) is 5.13 Å². The molecule has 9 heteroatoms. The van der Waals surface area contributed by atoms with Crippen LogP contribution in [0.2, 0.25) is 0 Å². The third-order valence-corrected chi connectivity index (χ3v) is 7.15. The van der Waals surface area contributed by atoms with Gasteiger partial charge in [0.05, 0.1) is 18.5 Å². The molecular weight excluding hydrogens is 432 g/mol.